The molecule has 0 atom stereocenters. The van der Waals surface area contributed by atoms with E-state index in [1.54, 1.807) is 12.1 Å². The molecule has 0 saturated heterocycles. The van der Waals surface area contributed by atoms with Gasteiger partial charge in [-0.3, -0.25) is 13.6 Å². The average molecular weight is 1760 g/mol. The molecule has 0 amide bonds. The molecule has 6 aromatic rings. The van der Waals surface area contributed by atoms with Gasteiger partial charge in [-0.25, -0.2) is 5.98 Å². The third-order valence-corrected chi connectivity index (χ3v) is 20.9. The molecule has 0 radical (unpaired) electrons. The molecule has 0 aliphatic heterocycles. The number of alkyl halides is 18. The van der Waals surface area contributed by atoms with Crippen LogP contribution in [0.5, 0.6) is 17.2 Å². The summed E-state index contributed by atoms with van der Waals surface area (Å²) < 4.78 is 189. The summed E-state index contributed by atoms with van der Waals surface area (Å²) in [5.74, 6) is 3.30. The molecule has 0 spiro atoms. The van der Waals surface area contributed by atoms with Crippen LogP contribution in [0.3, 0.4) is 0 Å². The fourth-order valence-corrected chi connectivity index (χ4v) is 15.9. The quantitative estimate of drug-likeness (QED) is 0.0499. The van der Waals surface area contributed by atoms with Gasteiger partial charge in [0.25, 0.3) is 0 Å². The third kappa shape index (κ3) is 27.1. The first-order valence-electron chi connectivity index (χ1n) is 31.8. The zero-order valence-electron chi connectivity index (χ0n) is 60.9. The molecule has 0 saturated carbocycles. The summed E-state index contributed by atoms with van der Waals surface area (Å²) in [5.41, 5.74) is -1.92. The van der Waals surface area contributed by atoms with Crippen molar-refractivity contribution in [2.45, 2.75) is 221 Å². The van der Waals surface area contributed by atoms with Gasteiger partial charge in [0.2, 0.25) is 0 Å². The van der Waals surface area contributed by atoms with E-state index in [-0.39, 0.29) is 99.8 Å². The van der Waals surface area contributed by atoms with E-state index in [4.69, 9.17) is 83.2 Å². The summed E-state index contributed by atoms with van der Waals surface area (Å²) in [6, 6.07) is 26.7. The second kappa shape index (κ2) is 37.5. The number of benzene rings is 6. The van der Waals surface area contributed by atoms with Gasteiger partial charge < -0.3 is 0 Å². The van der Waals surface area contributed by atoms with Gasteiger partial charge in [-0.2, -0.15) is 69.1 Å². The van der Waals surface area contributed by atoms with E-state index in [1.165, 1.54) is 28.8 Å². The molecule has 0 N–H and O–H groups in total. The third-order valence-electron chi connectivity index (χ3n) is 16.2. The largest absolute Gasteiger partial charge is 1.00 e. The minimum atomic E-state index is -5.34. The average Bonchev–Trinajstić information content (AvgIpc) is 0.725. The second-order valence-corrected chi connectivity index (χ2v) is 38.0. The molecule has 6 aromatic carbocycles. The number of halogens is 18. The van der Waals surface area contributed by atoms with Crippen molar-refractivity contribution in [3.8, 4) is 17.2 Å². The van der Waals surface area contributed by atoms with Gasteiger partial charge in [0.05, 0.1) is 54.9 Å². The molecule has 0 aromatic heterocycles. The molecule has 3 nitrogen and oxygen atoms in total. The molecule has 25 heteroatoms. The van der Waals surface area contributed by atoms with Crippen molar-refractivity contribution in [2.75, 3.05) is 16.0 Å². The molecule has 0 heterocycles. The van der Waals surface area contributed by atoms with E-state index in [0.29, 0.717) is 29.6 Å². The Balaban J connectivity index is 0.000000886. The standard InChI is InChI=1S/C42H64O3P.C30H27BF12P.3CH2Cl2.Au/c1-37(2,3)28-19-22-34(31(25-28)40(10,11)12)43-46(44-35-23-20-29(38(4,5)6)26-32(35)41(13,14)15)45-36-24-21-30(39(7,8)9)27-33(36)42(16,17)18;1-6-31(25-9-7-8-10-26(25)44(17(2)3)18(4)5,23-13-19(27(32,33)34)11-20(14-23)28(35,36)37)24-15-21(29(38,39)40)12-22(16-24)30(41,42)43;3*2-1-3;/h19-27,46H,1-18H3;6-18H,1H2,2-5H3;3*1H2;/q+1;-1;;;;+1/p+1. The SMILES string of the molecule is C=C[B-](c1cc(C(F)(F)F)cc(C(F)(F)F)c1)(c1cc(C(F)(F)F)cc(C(F)(F)F)c1)c1ccccc1[PH+](C(C)C)C(C)C.CC(C)(C)c1ccc(O[PH+](Oc2ccc(C(C)(C)C)cc2C(C)(C)C)Oc2ccc(C(C)(C)C)cc2C(C)(C)C)c(C(C)(C)C)c1.ClCCl.ClCCl.ClCCl.[Au+]. The van der Waals surface area contributed by atoms with Gasteiger partial charge in [-0.05, 0) is 113 Å². The Bertz CT molecular complexity index is 3240. The summed E-state index contributed by atoms with van der Waals surface area (Å²) in [6.07, 6.45) is -24.9. The molecular formula is C75H98AuBCl6F12O3P2+2. The summed E-state index contributed by atoms with van der Waals surface area (Å²) in [4.78, 5) is 0. The van der Waals surface area contributed by atoms with Crippen molar-refractivity contribution in [1.82, 2.24) is 0 Å². The molecule has 564 valence electrons. The number of rotatable bonds is 13. The maximum absolute atomic E-state index is 14.0. The van der Waals surface area contributed by atoms with E-state index >= 15 is 0 Å². The minimum Gasteiger partial charge on any atom is -0.273 e. The van der Waals surface area contributed by atoms with Gasteiger partial charge in [0, 0.05) is 24.6 Å². The Morgan fingerprint density at radius 1 is 0.370 bits per heavy atom. The molecule has 0 aliphatic carbocycles. The molecule has 100 heavy (non-hydrogen) atoms. The van der Waals surface area contributed by atoms with Crippen LogP contribution in [0.1, 0.15) is 208 Å². The van der Waals surface area contributed by atoms with Crippen molar-refractivity contribution in [1.29, 1.82) is 0 Å². The van der Waals surface area contributed by atoms with Gasteiger partial charge in [-0.15, -0.1) is 76.2 Å². The van der Waals surface area contributed by atoms with E-state index in [1.807, 2.05) is 27.7 Å². The first kappa shape index (κ1) is 95.0. The predicted molar refractivity (Wildman–Crippen MR) is 404 cm³/mol. The van der Waals surface area contributed by atoms with Crippen LogP contribution in [-0.2, 0) is 79.6 Å². The van der Waals surface area contributed by atoms with Gasteiger partial charge in [0.1, 0.15) is 6.15 Å². The Morgan fingerprint density at radius 2 is 0.610 bits per heavy atom. The topological polar surface area (TPSA) is 27.7 Å². The fraction of sp³-hybridized carbons (Fsp3) is 0.493. The normalized spacial score (nSPS) is 12.8. The van der Waals surface area contributed by atoms with Gasteiger partial charge in [-0.1, -0.05) is 203 Å². The Kier molecular flexibility index (Phi) is 35.7. The maximum atomic E-state index is 14.0. The molecule has 0 bridgehead atoms. The van der Waals surface area contributed by atoms with Crippen LogP contribution in [0.2, 0.25) is 0 Å². The smallest absolute Gasteiger partial charge is 0.273 e. The van der Waals surface area contributed by atoms with Gasteiger partial charge in [0.15, 0.2) is 17.2 Å². The van der Waals surface area contributed by atoms with Crippen molar-refractivity contribution in [3.63, 3.8) is 0 Å². The zero-order chi connectivity index (χ0) is 77.0. The van der Waals surface area contributed by atoms with Crippen LogP contribution >= 0.6 is 86.1 Å². The number of hydrogen-bond donors (Lipinski definition) is 0. The monoisotopic (exact) mass is 1750 g/mol. The van der Waals surface area contributed by atoms with Crippen LogP contribution in [-0.4, -0.2) is 33.5 Å². The number of hydrogen-bond acceptors (Lipinski definition) is 3. The van der Waals surface area contributed by atoms with E-state index in [2.05, 4.69) is 186 Å². The van der Waals surface area contributed by atoms with Crippen molar-refractivity contribution in [3.05, 3.63) is 183 Å². The zero-order valence-corrected chi connectivity index (χ0v) is 69.6. The van der Waals surface area contributed by atoms with Crippen molar-refractivity contribution in [2.24, 2.45) is 0 Å². The van der Waals surface area contributed by atoms with E-state index in [9.17, 15) is 52.7 Å². The Hall–Kier alpha value is -2.97. The second-order valence-electron chi connectivity index (χ2n) is 30.7. The summed E-state index contributed by atoms with van der Waals surface area (Å²) in [5, 5.41) is 1.03. The maximum Gasteiger partial charge on any atom is 1.00 e. The predicted octanol–water partition coefficient (Wildman–Crippen LogP) is 25.8. The summed E-state index contributed by atoms with van der Waals surface area (Å²) >= 11 is 28.6. The minimum absolute atomic E-state index is 0. The van der Waals surface area contributed by atoms with Crippen LogP contribution in [0.15, 0.2) is 128 Å². The van der Waals surface area contributed by atoms with Crippen molar-refractivity contribution >= 4 is 114 Å². The first-order chi connectivity index (χ1) is 44.8. The van der Waals surface area contributed by atoms with E-state index in [0.717, 1.165) is 39.9 Å². The van der Waals surface area contributed by atoms with Crippen molar-refractivity contribution < 1.29 is 88.6 Å². The Morgan fingerprint density at radius 3 is 0.810 bits per heavy atom. The molecule has 6 rings (SSSR count). The molecule has 0 aliphatic rings. The Labute approximate surface area is 635 Å². The molecule has 0 fully saturated rings. The fourth-order valence-electron chi connectivity index (χ4n) is 11.2. The van der Waals surface area contributed by atoms with Crippen LogP contribution in [0.4, 0.5) is 52.7 Å². The van der Waals surface area contributed by atoms with Crippen LogP contribution in [0, 0.1) is 0 Å². The first-order valence-corrected chi connectivity index (χ1v) is 37.9. The molecule has 0 unspecified atom stereocenters. The summed E-state index contributed by atoms with van der Waals surface area (Å²) in [6.45, 7) is 51.4. The van der Waals surface area contributed by atoms with Crippen LogP contribution < -0.4 is 35.3 Å². The molecular weight excluding hydrogens is 1660 g/mol. The summed E-state index contributed by atoms with van der Waals surface area (Å²) in [7, 11) is -4.15. The van der Waals surface area contributed by atoms with Gasteiger partial charge >= 0.3 is 55.7 Å². The van der Waals surface area contributed by atoms with E-state index < -0.39 is 80.6 Å². The van der Waals surface area contributed by atoms with Crippen LogP contribution in [0.25, 0.3) is 0 Å².